The van der Waals surface area contributed by atoms with Crippen LogP contribution in [0.3, 0.4) is 0 Å². The van der Waals surface area contributed by atoms with Gasteiger partial charge in [0.15, 0.2) is 5.65 Å². The highest BCUT2D eigenvalue weighted by Gasteiger charge is 2.01. The zero-order valence-corrected chi connectivity index (χ0v) is 8.41. The molecular formula is C12H12N2. The summed E-state index contributed by atoms with van der Waals surface area (Å²) in [5, 5.41) is 1.11. The van der Waals surface area contributed by atoms with Crippen molar-refractivity contribution in [1.82, 2.24) is 9.97 Å². The number of aromatic nitrogens is 2. The summed E-state index contributed by atoms with van der Waals surface area (Å²) in [5.74, 6) is 0. The molecule has 0 amide bonds. The van der Waals surface area contributed by atoms with Gasteiger partial charge in [0.2, 0.25) is 0 Å². The SMILES string of the molecule is C=Cc1ccc2c(C)cc(C)nc2n1. The van der Waals surface area contributed by atoms with Gasteiger partial charge in [-0.1, -0.05) is 6.58 Å². The minimum absolute atomic E-state index is 0.805. The zero-order valence-electron chi connectivity index (χ0n) is 8.41. The van der Waals surface area contributed by atoms with E-state index in [1.807, 2.05) is 19.1 Å². The van der Waals surface area contributed by atoms with Crippen molar-refractivity contribution in [3.8, 4) is 0 Å². The van der Waals surface area contributed by atoms with E-state index >= 15 is 0 Å². The molecule has 14 heavy (non-hydrogen) atoms. The van der Waals surface area contributed by atoms with Crippen LogP contribution in [0.5, 0.6) is 0 Å². The van der Waals surface area contributed by atoms with Crippen LogP contribution in [-0.2, 0) is 0 Å². The van der Waals surface area contributed by atoms with Gasteiger partial charge in [0.25, 0.3) is 0 Å². The molecular weight excluding hydrogens is 172 g/mol. The molecule has 0 fully saturated rings. The number of hydrogen-bond donors (Lipinski definition) is 0. The zero-order chi connectivity index (χ0) is 10.1. The standard InChI is InChI=1S/C12H12N2/c1-4-10-5-6-11-8(2)7-9(3)13-12(11)14-10/h4-7H,1H2,2-3H3. The predicted octanol–water partition coefficient (Wildman–Crippen LogP) is 2.89. The van der Waals surface area contributed by atoms with Gasteiger partial charge < -0.3 is 0 Å². The van der Waals surface area contributed by atoms with Crippen molar-refractivity contribution in [2.45, 2.75) is 13.8 Å². The number of hydrogen-bond acceptors (Lipinski definition) is 2. The van der Waals surface area contributed by atoms with Gasteiger partial charge in [-0.25, -0.2) is 9.97 Å². The Labute approximate surface area is 83.3 Å². The summed E-state index contributed by atoms with van der Waals surface area (Å²) in [6.45, 7) is 7.75. The molecule has 0 saturated carbocycles. The van der Waals surface area contributed by atoms with Crippen molar-refractivity contribution in [2.75, 3.05) is 0 Å². The fraction of sp³-hybridized carbons (Fsp3) is 0.167. The van der Waals surface area contributed by atoms with Gasteiger partial charge in [0, 0.05) is 11.1 Å². The lowest BCUT2D eigenvalue weighted by atomic mass is 10.1. The van der Waals surface area contributed by atoms with Gasteiger partial charge in [0.05, 0.1) is 5.69 Å². The summed E-state index contributed by atoms with van der Waals surface area (Å²) in [4.78, 5) is 8.77. The Kier molecular flexibility index (Phi) is 2.04. The molecule has 0 spiro atoms. The number of rotatable bonds is 1. The average Bonchev–Trinajstić information content (AvgIpc) is 2.16. The third-order valence-corrected chi connectivity index (χ3v) is 2.24. The first-order chi connectivity index (χ1) is 6.70. The summed E-state index contributed by atoms with van der Waals surface area (Å²) >= 11 is 0. The van der Waals surface area contributed by atoms with Gasteiger partial charge >= 0.3 is 0 Å². The monoisotopic (exact) mass is 184 g/mol. The lowest BCUT2D eigenvalue weighted by Crippen LogP contribution is -1.91. The first-order valence-corrected chi connectivity index (χ1v) is 4.58. The summed E-state index contributed by atoms with van der Waals surface area (Å²) in [6, 6.07) is 6.07. The van der Waals surface area contributed by atoms with E-state index in [0.29, 0.717) is 0 Å². The summed E-state index contributed by atoms with van der Waals surface area (Å²) in [6.07, 6.45) is 1.73. The van der Waals surface area contributed by atoms with Crippen LogP contribution < -0.4 is 0 Å². The smallest absolute Gasteiger partial charge is 0.160 e. The van der Waals surface area contributed by atoms with Crippen LogP contribution in [0.1, 0.15) is 17.0 Å². The van der Waals surface area contributed by atoms with Crippen molar-refractivity contribution >= 4 is 17.1 Å². The van der Waals surface area contributed by atoms with Gasteiger partial charge in [-0.3, -0.25) is 0 Å². The third kappa shape index (κ3) is 1.39. The number of nitrogens with zero attached hydrogens (tertiary/aromatic N) is 2. The lowest BCUT2D eigenvalue weighted by molar-refractivity contribution is 1.18. The number of pyridine rings is 2. The van der Waals surface area contributed by atoms with Gasteiger partial charge in [-0.2, -0.15) is 0 Å². The van der Waals surface area contributed by atoms with E-state index in [4.69, 9.17) is 0 Å². The molecule has 0 aromatic carbocycles. The van der Waals surface area contributed by atoms with E-state index in [-0.39, 0.29) is 0 Å². The Morgan fingerprint density at radius 1 is 1.21 bits per heavy atom. The summed E-state index contributed by atoms with van der Waals surface area (Å²) in [7, 11) is 0. The Morgan fingerprint density at radius 3 is 2.71 bits per heavy atom. The fourth-order valence-corrected chi connectivity index (χ4v) is 1.56. The molecule has 2 rings (SSSR count). The van der Waals surface area contributed by atoms with Gasteiger partial charge in [-0.05, 0) is 43.7 Å². The lowest BCUT2D eigenvalue weighted by Gasteiger charge is -2.03. The topological polar surface area (TPSA) is 25.8 Å². The van der Waals surface area contributed by atoms with E-state index in [0.717, 1.165) is 22.4 Å². The average molecular weight is 184 g/mol. The molecule has 2 aromatic rings. The fourth-order valence-electron chi connectivity index (χ4n) is 1.56. The molecule has 0 aliphatic rings. The molecule has 2 heteroatoms. The van der Waals surface area contributed by atoms with Crippen molar-refractivity contribution < 1.29 is 0 Å². The number of aryl methyl sites for hydroxylation is 2. The predicted molar refractivity (Wildman–Crippen MR) is 59.1 cm³/mol. The molecule has 0 atom stereocenters. The molecule has 70 valence electrons. The molecule has 0 unspecified atom stereocenters. The Morgan fingerprint density at radius 2 is 2.00 bits per heavy atom. The van der Waals surface area contributed by atoms with Crippen LogP contribution in [0.2, 0.25) is 0 Å². The second kappa shape index (κ2) is 3.22. The van der Waals surface area contributed by atoms with Crippen LogP contribution in [0.4, 0.5) is 0 Å². The minimum atomic E-state index is 0.805. The maximum Gasteiger partial charge on any atom is 0.160 e. The first kappa shape index (κ1) is 8.88. The van der Waals surface area contributed by atoms with Crippen LogP contribution in [0.15, 0.2) is 24.8 Å². The number of fused-ring (bicyclic) bond motifs is 1. The Balaban J connectivity index is 2.81. The molecule has 0 saturated heterocycles. The highest BCUT2D eigenvalue weighted by molar-refractivity contribution is 5.79. The minimum Gasteiger partial charge on any atom is -0.233 e. The van der Waals surface area contributed by atoms with Crippen LogP contribution in [0, 0.1) is 13.8 Å². The molecule has 0 bridgehead atoms. The first-order valence-electron chi connectivity index (χ1n) is 4.58. The third-order valence-electron chi connectivity index (χ3n) is 2.24. The Hall–Kier alpha value is -1.70. The summed E-state index contributed by atoms with van der Waals surface area (Å²) < 4.78 is 0. The molecule has 0 radical (unpaired) electrons. The summed E-state index contributed by atoms with van der Waals surface area (Å²) in [5.41, 5.74) is 3.90. The molecule has 0 N–H and O–H groups in total. The van der Waals surface area contributed by atoms with Crippen LogP contribution in [-0.4, -0.2) is 9.97 Å². The normalized spacial score (nSPS) is 10.4. The van der Waals surface area contributed by atoms with Crippen molar-refractivity contribution in [2.24, 2.45) is 0 Å². The second-order valence-corrected chi connectivity index (χ2v) is 3.39. The van der Waals surface area contributed by atoms with Crippen LogP contribution in [0.25, 0.3) is 17.1 Å². The largest absolute Gasteiger partial charge is 0.233 e. The molecule has 0 aliphatic heterocycles. The van der Waals surface area contributed by atoms with Crippen molar-refractivity contribution in [1.29, 1.82) is 0 Å². The van der Waals surface area contributed by atoms with Gasteiger partial charge in [-0.15, -0.1) is 0 Å². The van der Waals surface area contributed by atoms with Gasteiger partial charge in [0.1, 0.15) is 0 Å². The highest BCUT2D eigenvalue weighted by Crippen LogP contribution is 2.16. The molecule has 2 aromatic heterocycles. The van der Waals surface area contributed by atoms with Crippen LogP contribution >= 0.6 is 0 Å². The Bertz CT molecular complexity index is 501. The van der Waals surface area contributed by atoms with E-state index < -0.39 is 0 Å². The van der Waals surface area contributed by atoms with Crippen molar-refractivity contribution in [3.63, 3.8) is 0 Å². The van der Waals surface area contributed by atoms with Crippen molar-refractivity contribution in [3.05, 3.63) is 41.7 Å². The van der Waals surface area contributed by atoms with E-state index in [1.165, 1.54) is 5.56 Å². The maximum absolute atomic E-state index is 4.39. The highest BCUT2D eigenvalue weighted by atomic mass is 14.9. The van der Waals surface area contributed by atoms with E-state index in [9.17, 15) is 0 Å². The molecule has 2 nitrogen and oxygen atoms in total. The molecule has 2 heterocycles. The van der Waals surface area contributed by atoms with E-state index in [1.54, 1.807) is 6.08 Å². The maximum atomic E-state index is 4.39. The quantitative estimate of drug-likeness (QED) is 0.681. The second-order valence-electron chi connectivity index (χ2n) is 3.39. The molecule has 0 aliphatic carbocycles. The van der Waals surface area contributed by atoms with E-state index in [2.05, 4.69) is 29.5 Å².